The number of para-hydroxylation sites is 1. The zero-order valence-corrected chi connectivity index (χ0v) is 12.3. The summed E-state index contributed by atoms with van der Waals surface area (Å²) in [5.74, 6) is -0.134. The minimum absolute atomic E-state index is 0.134. The fourth-order valence-electron chi connectivity index (χ4n) is 3.14. The molecule has 110 valence electrons. The van der Waals surface area contributed by atoms with Gasteiger partial charge in [0.15, 0.2) is 0 Å². The summed E-state index contributed by atoms with van der Waals surface area (Å²) >= 11 is 0. The quantitative estimate of drug-likeness (QED) is 0.812. The van der Waals surface area contributed by atoms with E-state index in [0.717, 1.165) is 30.3 Å². The third-order valence-corrected chi connectivity index (χ3v) is 4.19. The largest absolute Gasteiger partial charge is 0.469 e. The predicted octanol–water partition coefficient (Wildman–Crippen LogP) is 3.16. The normalized spacial score (nSPS) is 18.7. The number of hydrogen-bond acceptors (Lipinski definition) is 4. The number of aromatic nitrogens is 1. The molecule has 1 aliphatic rings. The number of fused-ring (bicyclic) bond motifs is 1. The van der Waals surface area contributed by atoms with Crippen molar-refractivity contribution in [3.8, 4) is 0 Å². The fourth-order valence-corrected chi connectivity index (χ4v) is 3.14. The van der Waals surface area contributed by atoms with Gasteiger partial charge in [0.05, 0.1) is 19.0 Å². The van der Waals surface area contributed by atoms with Crippen molar-refractivity contribution in [1.29, 1.82) is 0 Å². The summed E-state index contributed by atoms with van der Waals surface area (Å²) in [5, 5.41) is 1.15. The van der Waals surface area contributed by atoms with E-state index in [-0.39, 0.29) is 12.0 Å². The molecule has 0 spiro atoms. The third kappa shape index (κ3) is 2.84. The van der Waals surface area contributed by atoms with Crippen LogP contribution >= 0.6 is 0 Å². The van der Waals surface area contributed by atoms with Crippen LogP contribution in [0.25, 0.3) is 10.9 Å². The molecule has 2 aromatic rings. The summed E-state index contributed by atoms with van der Waals surface area (Å²) in [4.78, 5) is 18.4. The van der Waals surface area contributed by atoms with Crippen molar-refractivity contribution in [2.45, 2.75) is 31.7 Å². The number of hydrogen-bond donors (Lipinski definition) is 0. The third-order valence-electron chi connectivity index (χ3n) is 4.19. The number of pyridine rings is 1. The van der Waals surface area contributed by atoms with Crippen LogP contribution < -0.4 is 4.90 Å². The van der Waals surface area contributed by atoms with E-state index < -0.39 is 0 Å². The van der Waals surface area contributed by atoms with Crippen molar-refractivity contribution in [2.75, 3.05) is 18.6 Å². The van der Waals surface area contributed by atoms with E-state index >= 15 is 0 Å². The van der Waals surface area contributed by atoms with E-state index in [1.54, 1.807) is 0 Å². The molecule has 0 bridgehead atoms. The summed E-state index contributed by atoms with van der Waals surface area (Å²) in [6, 6.07) is 10.4. The smallest absolute Gasteiger partial charge is 0.307 e. The highest BCUT2D eigenvalue weighted by Crippen LogP contribution is 2.31. The topological polar surface area (TPSA) is 42.4 Å². The Balaban J connectivity index is 1.96. The van der Waals surface area contributed by atoms with Crippen LogP contribution in [-0.2, 0) is 9.53 Å². The second-order valence-corrected chi connectivity index (χ2v) is 5.47. The molecule has 21 heavy (non-hydrogen) atoms. The molecule has 1 aromatic heterocycles. The van der Waals surface area contributed by atoms with Crippen LogP contribution in [0.4, 0.5) is 5.69 Å². The molecule has 1 fully saturated rings. The number of benzene rings is 1. The maximum atomic E-state index is 11.7. The van der Waals surface area contributed by atoms with Gasteiger partial charge in [0.25, 0.3) is 0 Å². The predicted molar refractivity (Wildman–Crippen MR) is 83.4 cm³/mol. The standard InChI is InChI=1S/C17H20N2O2/c1-21-17(20)12-13-6-4-5-11-19(13)16-9-10-18-15-8-3-2-7-14(15)16/h2-3,7-10,13H,4-6,11-12H2,1H3. The Hall–Kier alpha value is -2.10. The first kappa shape index (κ1) is 13.9. The monoisotopic (exact) mass is 284 g/mol. The van der Waals surface area contributed by atoms with Crippen LogP contribution in [0.5, 0.6) is 0 Å². The summed E-state index contributed by atoms with van der Waals surface area (Å²) in [5.41, 5.74) is 2.17. The van der Waals surface area contributed by atoms with Gasteiger partial charge < -0.3 is 9.64 Å². The molecule has 4 nitrogen and oxygen atoms in total. The van der Waals surface area contributed by atoms with E-state index in [0.29, 0.717) is 6.42 Å². The molecular weight excluding hydrogens is 264 g/mol. The number of esters is 1. The van der Waals surface area contributed by atoms with Crippen LogP contribution in [0.15, 0.2) is 36.5 Å². The molecule has 3 rings (SSSR count). The molecule has 4 heteroatoms. The summed E-state index contributed by atoms with van der Waals surface area (Å²) in [6.45, 7) is 0.982. The highest BCUT2D eigenvalue weighted by atomic mass is 16.5. The van der Waals surface area contributed by atoms with Crippen LogP contribution in [0.3, 0.4) is 0 Å². The first-order valence-electron chi connectivity index (χ1n) is 7.47. The number of rotatable bonds is 3. The van der Waals surface area contributed by atoms with Crippen LogP contribution in [0.1, 0.15) is 25.7 Å². The molecule has 1 aliphatic heterocycles. The number of methoxy groups -OCH3 is 1. The highest BCUT2D eigenvalue weighted by Gasteiger charge is 2.26. The number of anilines is 1. The summed E-state index contributed by atoms with van der Waals surface area (Å²) in [7, 11) is 1.46. The summed E-state index contributed by atoms with van der Waals surface area (Å²) < 4.78 is 4.85. The fraction of sp³-hybridized carbons (Fsp3) is 0.412. The number of carbonyl (C=O) groups is 1. The molecule has 2 heterocycles. The molecule has 1 saturated heterocycles. The van der Waals surface area contributed by atoms with E-state index in [1.165, 1.54) is 19.2 Å². The van der Waals surface area contributed by atoms with Gasteiger partial charge in [0.2, 0.25) is 0 Å². The van der Waals surface area contributed by atoms with Gasteiger partial charge in [0.1, 0.15) is 0 Å². The summed E-state index contributed by atoms with van der Waals surface area (Å²) in [6.07, 6.45) is 5.66. The maximum Gasteiger partial charge on any atom is 0.307 e. The van der Waals surface area contributed by atoms with Gasteiger partial charge in [-0.1, -0.05) is 18.2 Å². The molecule has 0 radical (unpaired) electrons. The van der Waals surface area contributed by atoms with Gasteiger partial charge in [-0.15, -0.1) is 0 Å². The van der Waals surface area contributed by atoms with Crippen LogP contribution in [0.2, 0.25) is 0 Å². The Labute approximate surface area is 124 Å². The zero-order valence-electron chi connectivity index (χ0n) is 12.3. The van der Waals surface area contributed by atoms with Crippen molar-refractivity contribution in [1.82, 2.24) is 4.98 Å². The lowest BCUT2D eigenvalue weighted by atomic mass is 9.97. The average Bonchev–Trinajstić information content (AvgIpc) is 2.55. The number of ether oxygens (including phenoxy) is 1. The van der Waals surface area contributed by atoms with E-state index in [1.807, 2.05) is 24.4 Å². The lowest BCUT2D eigenvalue weighted by molar-refractivity contribution is -0.141. The second kappa shape index (κ2) is 6.12. The van der Waals surface area contributed by atoms with Crippen molar-refractivity contribution in [3.05, 3.63) is 36.5 Å². The molecule has 1 unspecified atom stereocenters. The Morgan fingerprint density at radius 3 is 3.05 bits per heavy atom. The molecular formula is C17H20N2O2. The lowest BCUT2D eigenvalue weighted by Crippen LogP contribution is -2.41. The number of nitrogens with zero attached hydrogens (tertiary/aromatic N) is 2. The Kier molecular flexibility index (Phi) is 4.04. The van der Waals surface area contributed by atoms with E-state index in [2.05, 4.69) is 22.0 Å². The Bertz CT molecular complexity index is 636. The van der Waals surface area contributed by atoms with Crippen molar-refractivity contribution < 1.29 is 9.53 Å². The van der Waals surface area contributed by atoms with Gasteiger partial charge in [-0.25, -0.2) is 0 Å². The first-order chi connectivity index (χ1) is 10.3. The Morgan fingerprint density at radius 2 is 2.19 bits per heavy atom. The second-order valence-electron chi connectivity index (χ2n) is 5.47. The molecule has 0 N–H and O–H groups in total. The average molecular weight is 284 g/mol. The van der Waals surface area contributed by atoms with Crippen LogP contribution in [0, 0.1) is 0 Å². The highest BCUT2D eigenvalue weighted by molar-refractivity contribution is 5.91. The zero-order chi connectivity index (χ0) is 14.7. The minimum atomic E-state index is -0.134. The Morgan fingerprint density at radius 1 is 1.33 bits per heavy atom. The van der Waals surface area contributed by atoms with Gasteiger partial charge in [0, 0.05) is 29.9 Å². The molecule has 0 aliphatic carbocycles. The maximum absolute atomic E-state index is 11.7. The lowest BCUT2D eigenvalue weighted by Gasteiger charge is -2.37. The molecule has 1 aromatic carbocycles. The van der Waals surface area contributed by atoms with Gasteiger partial charge in [-0.05, 0) is 31.4 Å². The van der Waals surface area contributed by atoms with Crippen LogP contribution in [-0.4, -0.2) is 30.6 Å². The van der Waals surface area contributed by atoms with E-state index in [4.69, 9.17) is 4.74 Å². The van der Waals surface area contributed by atoms with E-state index in [9.17, 15) is 4.79 Å². The van der Waals surface area contributed by atoms with Crippen molar-refractivity contribution in [2.24, 2.45) is 0 Å². The molecule has 1 atom stereocenters. The molecule has 0 amide bonds. The van der Waals surface area contributed by atoms with Crippen molar-refractivity contribution in [3.63, 3.8) is 0 Å². The minimum Gasteiger partial charge on any atom is -0.469 e. The SMILES string of the molecule is COC(=O)CC1CCCCN1c1ccnc2ccccc12. The van der Waals surface area contributed by atoms with Gasteiger partial charge in [-0.3, -0.25) is 9.78 Å². The van der Waals surface area contributed by atoms with Gasteiger partial charge >= 0.3 is 5.97 Å². The number of carbonyl (C=O) groups excluding carboxylic acids is 1. The van der Waals surface area contributed by atoms with Crippen molar-refractivity contribution >= 4 is 22.6 Å². The first-order valence-corrected chi connectivity index (χ1v) is 7.47. The molecule has 0 saturated carbocycles. The number of piperidine rings is 1. The van der Waals surface area contributed by atoms with Gasteiger partial charge in [-0.2, -0.15) is 0 Å².